The molecule has 2 fully saturated rings. The highest BCUT2D eigenvalue weighted by atomic mass is 16.5. The Morgan fingerprint density at radius 3 is 2.58 bits per heavy atom. The molecule has 0 spiro atoms. The minimum atomic E-state index is -0.921. The summed E-state index contributed by atoms with van der Waals surface area (Å²) in [4.78, 5) is 28.3. The lowest BCUT2D eigenvalue weighted by Crippen LogP contribution is -2.58. The predicted octanol–water partition coefficient (Wildman–Crippen LogP) is 1.49. The molecule has 4 aliphatic rings. The highest BCUT2D eigenvalue weighted by molar-refractivity contribution is 5.96. The lowest BCUT2D eigenvalue weighted by Gasteiger charge is -2.43. The van der Waals surface area contributed by atoms with Gasteiger partial charge in [0.15, 0.2) is 0 Å². The molecule has 3 aliphatic carbocycles. The fourth-order valence-corrected chi connectivity index (χ4v) is 5.46. The number of carbonyl (C=O) groups excluding carboxylic acids is 2. The molecule has 31 heavy (non-hydrogen) atoms. The van der Waals surface area contributed by atoms with Crippen LogP contribution in [0.3, 0.4) is 0 Å². The van der Waals surface area contributed by atoms with E-state index in [4.69, 9.17) is 4.74 Å². The van der Waals surface area contributed by atoms with Gasteiger partial charge in [-0.25, -0.2) is 0 Å². The smallest absolute Gasteiger partial charge is 0.247 e. The van der Waals surface area contributed by atoms with Gasteiger partial charge in [0.2, 0.25) is 11.8 Å². The molecule has 1 aromatic carbocycles. The molecule has 0 radical (unpaired) electrons. The van der Waals surface area contributed by atoms with E-state index in [1.165, 1.54) is 0 Å². The summed E-state index contributed by atoms with van der Waals surface area (Å²) < 4.78 is 6.15. The highest BCUT2D eigenvalue weighted by Crippen LogP contribution is 2.48. The van der Waals surface area contributed by atoms with Gasteiger partial charge in [-0.05, 0) is 37.8 Å². The summed E-state index contributed by atoms with van der Waals surface area (Å²) in [7, 11) is 0. The number of rotatable bonds is 6. The van der Waals surface area contributed by atoms with Crippen molar-refractivity contribution in [2.45, 2.75) is 68.7 Å². The summed E-state index contributed by atoms with van der Waals surface area (Å²) >= 11 is 0. The van der Waals surface area contributed by atoms with Crippen LogP contribution in [0.25, 0.3) is 0 Å². The maximum absolute atomic E-state index is 13.3. The van der Waals surface area contributed by atoms with Crippen molar-refractivity contribution < 1.29 is 24.5 Å². The summed E-state index contributed by atoms with van der Waals surface area (Å²) in [6.45, 7) is -0.00273. The summed E-state index contributed by atoms with van der Waals surface area (Å²) in [5, 5.41) is 23.4. The van der Waals surface area contributed by atoms with Crippen molar-refractivity contribution in [3.8, 4) is 5.75 Å². The predicted molar refractivity (Wildman–Crippen MR) is 113 cm³/mol. The van der Waals surface area contributed by atoms with Gasteiger partial charge < -0.3 is 25.2 Å². The monoisotopic (exact) mass is 426 g/mol. The number of amides is 2. The summed E-state index contributed by atoms with van der Waals surface area (Å²) in [5.74, 6) is 0.108. The van der Waals surface area contributed by atoms with Crippen LogP contribution in [0.1, 0.15) is 50.0 Å². The third kappa shape index (κ3) is 3.64. The number of hydrogen-bond acceptors (Lipinski definition) is 5. The third-order valence-electron chi connectivity index (χ3n) is 7.10. The van der Waals surface area contributed by atoms with Crippen molar-refractivity contribution in [2.75, 3.05) is 13.2 Å². The van der Waals surface area contributed by atoms with Crippen molar-refractivity contribution in [1.29, 1.82) is 0 Å². The third-order valence-corrected chi connectivity index (χ3v) is 7.10. The summed E-state index contributed by atoms with van der Waals surface area (Å²) in [6, 6.07) is 7.03. The van der Waals surface area contributed by atoms with Crippen LogP contribution in [0.4, 0.5) is 0 Å². The number of ether oxygens (including phenoxy) is 1. The average Bonchev–Trinajstić information content (AvgIpc) is 3.35. The summed E-state index contributed by atoms with van der Waals surface area (Å²) in [5.41, 5.74) is 1.38. The first-order valence-electron chi connectivity index (χ1n) is 11.5. The van der Waals surface area contributed by atoms with Crippen molar-refractivity contribution in [3.63, 3.8) is 0 Å². The Hall–Kier alpha value is -2.38. The van der Waals surface area contributed by atoms with Gasteiger partial charge in [0.1, 0.15) is 18.0 Å². The molecule has 1 aliphatic heterocycles. The average molecular weight is 427 g/mol. The zero-order chi connectivity index (χ0) is 21.5. The fraction of sp³-hybridized carbons (Fsp3) is 0.583. The zero-order valence-electron chi connectivity index (χ0n) is 17.6. The zero-order valence-corrected chi connectivity index (χ0v) is 17.6. The number of benzene rings is 1. The van der Waals surface area contributed by atoms with Crippen LogP contribution in [0, 0.1) is 5.92 Å². The van der Waals surface area contributed by atoms with Gasteiger partial charge in [0.05, 0.1) is 18.6 Å². The standard InChI is InChI=1S/C24H30N2O5/c27-12-11-25-23(29)17-13-18(26(15-5-1-2-6-15)24(30)14-9-10-14)21(28)22-20(17)16-7-3-4-8-19(16)31-22/h3-4,7-8,13-15,18,20-22,27-28H,1-2,5-6,9-12H2,(H,25,29)/t18-,20+,21+,22+/m1/s1. The Morgan fingerprint density at radius 1 is 1.13 bits per heavy atom. The Kier molecular flexibility index (Phi) is 5.48. The molecule has 1 aromatic rings. The number of nitrogens with one attached hydrogen (secondary N) is 1. The van der Waals surface area contributed by atoms with Crippen molar-refractivity contribution in [1.82, 2.24) is 10.2 Å². The van der Waals surface area contributed by atoms with E-state index in [1.807, 2.05) is 29.2 Å². The number of hydrogen-bond donors (Lipinski definition) is 3. The molecule has 1 heterocycles. The number of nitrogens with zero attached hydrogens (tertiary/aromatic N) is 1. The van der Waals surface area contributed by atoms with Gasteiger partial charge >= 0.3 is 0 Å². The van der Waals surface area contributed by atoms with Crippen LogP contribution >= 0.6 is 0 Å². The summed E-state index contributed by atoms with van der Waals surface area (Å²) in [6.07, 6.45) is 6.04. The number of carbonyl (C=O) groups is 2. The molecule has 0 aromatic heterocycles. The molecular formula is C24H30N2O5. The lowest BCUT2D eigenvalue weighted by molar-refractivity contribution is -0.141. The second kappa shape index (κ2) is 8.28. The number of aliphatic hydroxyl groups excluding tert-OH is 2. The van der Waals surface area contributed by atoms with Crippen LogP contribution < -0.4 is 10.1 Å². The van der Waals surface area contributed by atoms with Gasteiger partial charge in [-0.1, -0.05) is 31.0 Å². The van der Waals surface area contributed by atoms with Crippen LogP contribution in [0.15, 0.2) is 35.9 Å². The van der Waals surface area contributed by atoms with Gasteiger partial charge in [0.25, 0.3) is 0 Å². The SMILES string of the molecule is O=C(NCCO)C1=C[C@@H](N(C(=O)C2CC2)C2CCCC2)[C@H](O)[C@H]2Oc3ccccc3[C@@H]12. The van der Waals surface area contributed by atoms with E-state index in [-0.39, 0.29) is 36.9 Å². The largest absolute Gasteiger partial charge is 0.486 e. The van der Waals surface area contributed by atoms with Gasteiger partial charge in [0, 0.05) is 29.6 Å². The van der Waals surface area contributed by atoms with Crippen molar-refractivity contribution in [3.05, 3.63) is 41.5 Å². The highest BCUT2D eigenvalue weighted by Gasteiger charge is 2.52. The number of aliphatic hydroxyl groups is 2. The minimum Gasteiger partial charge on any atom is -0.486 e. The van der Waals surface area contributed by atoms with E-state index >= 15 is 0 Å². The molecule has 5 rings (SSSR count). The van der Waals surface area contributed by atoms with Gasteiger partial charge in [-0.2, -0.15) is 0 Å². The van der Waals surface area contributed by atoms with Crippen LogP contribution in [0.2, 0.25) is 0 Å². The van der Waals surface area contributed by atoms with Gasteiger partial charge in [-0.15, -0.1) is 0 Å². The Morgan fingerprint density at radius 2 is 1.87 bits per heavy atom. The topological polar surface area (TPSA) is 99.1 Å². The Bertz CT molecular complexity index is 890. The number of fused-ring (bicyclic) bond motifs is 3. The van der Waals surface area contributed by atoms with E-state index in [1.54, 1.807) is 6.08 Å². The molecule has 2 amide bonds. The second-order valence-corrected chi connectivity index (χ2v) is 9.14. The molecular weight excluding hydrogens is 396 g/mol. The first-order valence-corrected chi connectivity index (χ1v) is 11.5. The Labute approximate surface area is 182 Å². The van der Waals surface area contributed by atoms with Crippen molar-refractivity contribution in [2.24, 2.45) is 5.92 Å². The van der Waals surface area contributed by atoms with E-state index in [0.717, 1.165) is 44.1 Å². The first-order chi connectivity index (χ1) is 15.1. The maximum Gasteiger partial charge on any atom is 0.247 e. The van der Waals surface area contributed by atoms with E-state index in [0.29, 0.717) is 11.3 Å². The van der Waals surface area contributed by atoms with Crippen LogP contribution in [-0.2, 0) is 9.59 Å². The molecule has 0 saturated heterocycles. The maximum atomic E-state index is 13.3. The second-order valence-electron chi connectivity index (χ2n) is 9.14. The molecule has 7 heteroatoms. The van der Waals surface area contributed by atoms with Crippen LogP contribution in [0.5, 0.6) is 5.75 Å². The van der Waals surface area contributed by atoms with E-state index in [2.05, 4.69) is 5.32 Å². The lowest BCUT2D eigenvalue weighted by atomic mass is 9.77. The van der Waals surface area contributed by atoms with E-state index < -0.39 is 24.2 Å². The van der Waals surface area contributed by atoms with Crippen molar-refractivity contribution >= 4 is 11.8 Å². The molecule has 3 N–H and O–H groups in total. The Balaban J connectivity index is 1.55. The molecule has 0 unspecified atom stereocenters. The molecule has 2 saturated carbocycles. The fourth-order valence-electron chi connectivity index (χ4n) is 5.46. The van der Waals surface area contributed by atoms with E-state index in [9.17, 15) is 19.8 Å². The molecule has 7 nitrogen and oxygen atoms in total. The molecule has 0 bridgehead atoms. The molecule has 166 valence electrons. The first kappa shape index (κ1) is 20.5. The minimum absolute atomic E-state index is 0.0345. The molecule has 4 atom stereocenters. The number of para-hydroxylation sites is 1. The normalized spacial score (nSPS) is 29.5. The quantitative estimate of drug-likeness (QED) is 0.640. The van der Waals surface area contributed by atoms with Crippen LogP contribution in [-0.4, -0.2) is 64.4 Å². The van der Waals surface area contributed by atoms with Gasteiger partial charge in [-0.3, -0.25) is 9.59 Å².